The topological polar surface area (TPSA) is 58.4 Å². The van der Waals surface area contributed by atoms with Gasteiger partial charge in [-0.15, -0.1) is 0 Å². The molecule has 2 aliphatic rings. The van der Waals surface area contributed by atoms with Crippen LogP contribution in [0, 0.1) is 11.8 Å². The van der Waals surface area contributed by atoms with E-state index >= 15 is 0 Å². The zero-order valence-electron chi connectivity index (χ0n) is 12.4. The quantitative estimate of drug-likeness (QED) is 0.459. The third-order valence-corrected chi connectivity index (χ3v) is 5.20. The van der Waals surface area contributed by atoms with Crippen LogP contribution in [0.5, 0.6) is 0 Å². The Bertz CT molecular complexity index is 286. The Morgan fingerprint density at radius 2 is 1.37 bits per heavy atom. The van der Waals surface area contributed by atoms with Gasteiger partial charge < -0.3 is 4.90 Å². The number of hydrogen-bond acceptors (Lipinski definition) is 2. The van der Waals surface area contributed by atoms with E-state index in [2.05, 4.69) is 24.2 Å². The molecule has 0 radical (unpaired) electrons. The van der Waals surface area contributed by atoms with Crippen LogP contribution in [0.4, 0.5) is 4.79 Å². The van der Waals surface area contributed by atoms with Crippen LogP contribution in [-0.2, 0) is 0 Å². The van der Waals surface area contributed by atoms with Gasteiger partial charge in [0.05, 0.1) is 0 Å². The normalized spacial score (nSPS) is 35.7. The van der Waals surface area contributed by atoms with Crippen LogP contribution < -0.4 is 11.3 Å². The lowest BCUT2D eigenvalue weighted by Gasteiger charge is -2.46. The molecule has 0 spiro atoms. The van der Waals surface area contributed by atoms with Crippen molar-refractivity contribution in [1.29, 1.82) is 0 Å². The number of hydrazine groups is 1. The van der Waals surface area contributed by atoms with E-state index in [-0.39, 0.29) is 6.03 Å². The van der Waals surface area contributed by atoms with Crippen molar-refractivity contribution in [3.05, 3.63) is 0 Å². The largest absolute Gasteiger partial charge is 0.332 e. The van der Waals surface area contributed by atoms with E-state index in [0.29, 0.717) is 23.9 Å². The van der Waals surface area contributed by atoms with Crippen LogP contribution in [0.2, 0.25) is 0 Å². The molecule has 0 aromatic heterocycles. The molecule has 0 bridgehead atoms. The fraction of sp³-hybridized carbons (Fsp3) is 0.933. The molecule has 0 aliphatic heterocycles. The molecule has 0 aromatic rings. The van der Waals surface area contributed by atoms with Crippen molar-refractivity contribution >= 4 is 6.03 Å². The fourth-order valence-corrected chi connectivity index (χ4v) is 4.04. The van der Waals surface area contributed by atoms with E-state index in [4.69, 9.17) is 5.84 Å². The molecule has 110 valence electrons. The standard InChI is InChI=1S/C15H29N3O/c1-11-7-3-5-9-13(11)18(15(19)17-16)14-10-6-4-8-12(14)2/h11-14H,3-10,16H2,1-2H3,(H,17,19). The average Bonchev–Trinajstić information content (AvgIpc) is 2.43. The van der Waals surface area contributed by atoms with Crippen molar-refractivity contribution in [2.75, 3.05) is 0 Å². The van der Waals surface area contributed by atoms with Gasteiger partial charge in [-0.25, -0.2) is 10.6 Å². The molecule has 4 heteroatoms. The summed E-state index contributed by atoms with van der Waals surface area (Å²) in [6.07, 6.45) is 9.83. The lowest BCUT2D eigenvalue weighted by Crippen LogP contribution is -2.57. The van der Waals surface area contributed by atoms with Crippen molar-refractivity contribution in [3.63, 3.8) is 0 Å². The number of hydrogen-bond donors (Lipinski definition) is 2. The number of amides is 2. The maximum absolute atomic E-state index is 12.3. The van der Waals surface area contributed by atoms with Gasteiger partial charge in [-0.2, -0.15) is 0 Å². The molecule has 2 fully saturated rings. The number of nitrogens with two attached hydrogens (primary N) is 1. The summed E-state index contributed by atoms with van der Waals surface area (Å²) in [4.78, 5) is 14.4. The highest BCUT2D eigenvalue weighted by Gasteiger charge is 2.37. The van der Waals surface area contributed by atoms with Crippen molar-refractivity contribution < 1.29 is 4.79 Å². The van der Waals surface area contributed by atoms with Gasteiger partial charge in [-0.05, 0) is 37.5 Å². The average molecular weight is 267 g/mol. The number of carbonyl (C=O) groups is 1. The van der Waals surface area contributed by atoms with Crippen LogP contribution in [0.15, 0.2) is 0 Å². The summed E-state index contributed by atoms with van der Waals surface area (Å²) >= 11 is 0. The highest BCUT2D eigenvalue weighted by Crippen LogP contribution is 2.35. The van der Waals surface area contributed by atoms with Gasteiger partial charge in [-0.1, -0.05) is 39.5 Å². The highest BCUT2D eigenvalue weighted by molar-refractivity contribution is 5.74. The first-order chi connectivity index (χ1) is 9.15. The summed E-state index contributed by atoms with van der Waals surface area (Å²) in [5, 5.41) is 0. The van der Waals surface area contributed by atoms with E-state index in [1.54, 1.807) is 0 Å². The lowest BCUT2D eigenvalue weighted by atomic mass is 9.80. The van der Waals surface area contributed by atoms with Gasteiger partial charge in [0.2, 0.25) is 0 Å². The Morgan fingerprint density at radius 1 is 0.947 bits per heavy atom. The van der Waals surface area contributed by atoms with E-state index in [1.807, 2.05) is 0 Å². The predicted octanol–water partition coefficient (Wildman–Crippen LogP) is 3.03. The molecule has 2 aliphatic carbocycles. The van der Waals surface area contributed by atoms with Gasteiger partial charge in [0.1, 0.15) is 0 Å². The Kier molecular flexibility index (Phi) is 5.08. The Morgan fingerprint density at radius 3 is 1.74 bits per heavy atom. The molecule has 4 nitrogen and oxygen atoms in total. The van der Waals surface area contributed by atoms with E-state index in [1.165, 1.54) is 38.5 Å². The third-order valence-electron chi connectivity index (χ3n) is 5.20. The van der Waals surface area contributed by atoms with Gasteiger partial charge in [-0.3, -0.25) is 5.43 Å². The first kappa shape index (κ1) is 14.6. The second-order valence-corrected chi connectivity index (χ2v) is 6.51. The van der Waals surface area contributed by atoms with Crippen LogP contribution in [0.25, 0.3) is 0 Å². The molecule has 4 atom stereocenters. The first-order valence-corrected chi connectivity index (χ1v) is 7.94. The predicted molar refractivity (Wildman–Crippen MR) is 77.4 cm³/mol. The summed E-state index contributed by atoms with van der Waals surface area (Å²) in [6, 6.07) is 0.684. The van der Waals surface area contributed by atoms with Crippen molar-refractivity contribution in [3.8, 4) is 0 Å². The summed E-state index contributed by atoms with van der Waals surface area (Å²) < 4.78 is 0. The smallest absolute Gasteiger partial charge is 0.317 e. The summed E-state index contributed by atoms with van der Waals surface area (Å²) in [5.74, 6) is 6.63. The van der Waals surface area contributed by atoms with Crippen molar-refractivity contribution in [2.45, 2.75) is 77.3 Å². The Balaban J connectivity index is 2.16. The molecular formula is C15H29N3O. The molecule has 19 heavy (non-hydrogen) atoms. The molecule has 2 amide bonds. The fourth-order valence-electron chi connectivity index (χ4n) is 4.04. The molecule has 0 saturated heterocycles. The second-order valence-electron chi connectivity index (χ2n) is 6.51. The SMILES string of the molecule is CC1CCCCC1N(C(=O)NN)C1CCCCC1C. The molecule has 0 aromatic carbocycles. The molecule has 2 saturated carbocycles. The van der Waals surface area contributed by atoms with Crippen LogP contribution in [0.1, 0.15) is 65.2 Å². The number of nitrogens with zero attached hydrogens (tertiary/aromatic N) is 1. The maximum atomic E-state index is 12.3. The van der Waals surface area contributed by atoms with Crippen LogP contribution >= 0.6 is 0 Å². The minimum atomic E-state index is -0.0718. The Labute approximate surface area is 117 Å². The van der Waals surface area contributed by atoms with E-state index in [0.717, 1.165) is 12.8 Å². The molecule has 2 rings (SSSR count). The van der Waals surface area contributed by atoms with E-state index in [9.17, 15) is 4.79 Å². The minimum Gasteiger partial charge on any atom is -0.317 e. The molecular weight excluding hydrogens is 238 g/mol. The number of nitrogens with one attached hydrogen (secondary N) is 1. The van der Waals surface area contributed by atoms with E-state index < -0.39 is 0 Å². The number of carbonyl (C=O) groups excluding carboxylic acids is 1. The van der Waals surface area contributed by atoms with Crippen molar-refractivity contribution in [2.24, 2.45) is 17.7 Å². The summed E-state index contributed by atoms with van der Waals surface area (Å²) in [7, 11) is 0. The lowest BCUT2D eigenvalue weighted by molar-refractivity contribution is 0.0568. The van der Waals surface area contributed by atoms with Crippen LogP contribution in [-0.4, -0.2) is 23.0 Å². The highest BCUT2D eigenvalue weighted by atomic mass is 16.2. The summed E-state index contributed by atoms with van der Waals surface area (Å²) in [6.45, 7) is 4.57. The first-order valence-electron chi connectivity index (χ1n) is 7.94. The molecule has 3 N–H and O–H groups in total. The van der Waals surface area contributed by atoms with Gasteiger partial charge in [0.25, 0.3) is 0 Å². The third kappa shape index (κ3) is 3.22. The summed E-state index contributed by atoms with van der Waals surface area (Å²) in [5.41, 5.74) is 2.39. The monoisotopic (exact) mass is 267 g/mol. The number of rotatable bonds is 2. The Hall–Kier alpha value is -0.770. The zero-order chi connectivity index (χ0) is 13.8. The maximum Gasteiger partial charge on any atom is 0.332 e. The van der Waals surface area contributed by atoms with Gasteiger partial charge in [0, 0.05) is 12.1 Å². The van der Waals surface area contributed by atoms with Gasteiger partial charge >= 0.3 is 6.03 Å². The zero-order valence-corrected chi connectivity index (χ0v) is 12.4. The molecule has 4 unspecified atom stereocenters. The van der Waals surface area contributed by atoms with Crippen LogP contribution in [0.3, 0.4) is 0 Å². The minimum absolute atomic E-state index is 0.0718. The molecule has 0 heterocycles. The van der Waals surface area contributed by atoms with Gasteiger partial charge in [0.15, 0.2) is 0 Å². The van der Waals surface area contributed by atoms with Crippen molar-refractivity contribution in [1.82, 2.24) is 10.3 Å². The second kappa shape index (κ2) is 6.60. The number of urea groups is 1.